The lowest BCUT2D eigenvalue weighted by molar-refractivity contribution is 0.414. The van der Waals surface area contributed by atoms with Crippen LogP contribution < -0.4 is 10.6 Å². The smallest absolute Gasteiger partial charge is 0.0992 e. The Morgan fingerprint density at radius 1 is 1.47 bits per heavy atom. The molecule has 1 aliphatic rings. The zero-order valence-electron chi connectivity index (χ0n) is 9.67. The molecule has 0 aromatic heterocycles. The van der Waals surface area contributed by atoms with Crippen molar-refractivity contribution in [3.63, 3.8) is 0 Å². The lowest BCUT2D eigenvalue weighted by atomic mass is 10.1. The minimum absolute atomic E-state index is 0.524. The monoisotopic (exact) mass is 249 g/mol. The standard InChI is InChI=1S/C13H16ClN3/c14-12-7-10(8-15)4-5-13(12)17-9-11-3-1-2-6-16-11/h4-5,7,11,16-17H,1-3,6,9H2. The molecule has 4 heteroatoms. The molecule has 90 valence electrons. The molecule has 0 saturated carbocycles. The molecule has 1 aromatic rings. The molecular weight excluding hydrogens is 234 g/mol. The highest BCUT2D eigenvalue weighted by Crippen LogP contribution is 2.23. The van der Waals surface area contributed by atoms with Crippen molar-refractivity contribution in [2.75, 3.05) is 18.4 Å². The van der Waals surface area contributed by atoms with Gasteiger partial charge in [0.1, 0.15) is 0 Å². The number of rotatable bonds is 3. The van der Waals surface area contributed by atoms with Gasteiger partial charge in [0.15, 0.2) is 0 Å². The average molecular weight is 250 g/mol. The highest BCUT2D eigenvalue weighted by molar-refractivity contribution is 6.33. The summed E-state index contributed by atoms with van der Waals surface area (Å²) in [5.41, 5.74) is 1.49. The maximum Gasteiger partial charge on any atom is 0.0992 e. The third kappa shape index (κ3) is 3.36. The lowest BCUT2D eigenvalue weighted by Crippen LogP contribution is -2.39. The summed E-state index contributed by atoms with van der Waals surface area (Å²) in [6.07, 6.45) is 3.77. The lowest BCUT2D eigenvalue weighted by Gasteiger charge is -2.24. The fraction of sp³-hybridized carbons (Fsp3) is 0.462. The summed E-state index contributed by atoms with van der Waals surface area (Å²) in [5, 5.41) is 16.2. The molecular formula is C13H16ClN3. The number of nitrogens with one attached hydrogen (secondary N) is 2. The number of piperidine rings is 1. The maximum absolute atomic E-state index is 8.75. The summed E-state index contributed by atoms with van der Waals surface area (Å²) in [4.78, 5) is 0. The van der Waals surface area contributed by atoms with E-state index in [4.69, 9.17) is 16.9 Å². The van der Waals surface area contributed by atoms with Crippen molar-refractivity contribution in [1.29, 1.82) is 5.26 Å². The highest BCUT2D eigenvalue weighted by Gasteiger charge is 2.12. The van der Waals surface area contributed by atoms with Crippen LogP contribution in [0.15, 0.2) is 18.2 Å². The molecule has 1 heterocycles. The van der Waals surface area contributed by atoms with Gasteiger partial charge in [-0.2, -0.15) is 5.26 Å². The normalized spacial score (nSPS) is 19.6. The molecule has 2 N–H and O–H groups in total. The fourth-order valence-electron chi connectivity index (χ4n) is 2.06. The molecule has 0 amide bonds. The van der Waals surface area contributed by atoms with Gasteiger partial charge < -0.3 is 10.6 Å². The zero-order chi connectivity index (χ0) is 12.1. The van der Waals surface area contributed by atoms with Crippen LogP contribution >= 0.6 is 11.6 Å². The average Bonchev–Trinajstić information content (AvgIpc) is 2.38. The second-order valence-electron chi connectivity index (χ2n) is 4.33. The molecule has 2 rings (SSSR count). The number of nitriles is 1. The summed E-state index contributed by atoms with van der Waals surface area (Å²) in [6.45, 7) is 1.99. The van der Waals surface area contributed by atoms with E-state index in [0.29, 0.717) is 16.6 Å². The van der Waals surface area contributed by atoms with Crippen molar-refractivity contribution < 1.29 is 0 Å². The topological polar surface area (TPSA) is 47.9 Å². The molecule has 1 atom stereocenters. The quantitative estimate of drug-likeness (QED) is 0.866. The van der Waals surface area contributed by atoms with E-state index >= 15 is 0 Å². The Morgan fingerprint density at radius 3 is 3.00 bits per heavy atom. The van der Waals surface area contributed by atoms with E-state index in [1.807, 2.05) is 6.07 Å². The first-order valence-corrected chi connectivity index (χ1v) is 6.34. The van der Waals surface area contributed by atoms with Gasteiger partial charge in [0.25, 0.3) is 0 Å². The Morgan fingerprint density at radius 2 is 2.35 bits per heavy atom. The number of benzene rings is 1. The Labute approximate surface area is 107 Å². The molecule has 1 saturated heterocycles. The van der Waals surface area contributed by atoms with Crippen LogP contribution in [-0.2, 0) is 0 Å². The first-order valence-electron chi connectivity index (χ1n) is 5.96. The number of halogens is 1. The minimum Gasteiger partial charge on any atom is -0.382 e. The van der Waals surface area contributed by atoms with Gasteiger partial charge in [-0.05, 0) is 37.6 Å². The highest BCUT2D eigenvalue weighted by atomic mass is 35.5. The van der Waals surface area contributed by atoms with Crippen molar-refractivity contribution in [2.24, 2.45) is 0 Å². The molecule has 3 nitrogen and oxygen atoms in total. The molecule has 1 unspecified atom stereocenters. The van der Waals surface area contributed by atoms with Gasteiger partial charge in [0, 0.05) is 12.6 Å². The van der Waals surface area contributed by atoms with Crippen molar-refractivity contribution >= 4 is 17.3 Å². The van der Waals surface area contributed by atoms with Crippen LogP contribution in [0.25, 0.3) is 0 Å². The first kappa shape index (κ1) is 12.2. The van der Waals surface area contributed by atoms with E-state index in [0.717, 1.165) is 18.8 Å². The molecule has 17 heavy (non-hydrogen) atoms. The van der Waals surface area contributed by atoms with Gasteiger partial charge in [-0.3, -0.25) is 0 Å². The van der Waals surface area contributed by atoms with Crippen LogP contribution in [0, 0.1) is 11.3 Å². The molecule has 0 aliphatic carbocycles. The van der Waals surface area contributed by atoms with E-state index in [1.165, 1.54) is 19.3 Å². The number of hydrogen-bond donors (Lipinski definition) is 2. The van der Waals surface area contributed by atoms with Gasteiger partial charge >= 0.3 is 0 Å². The maximum atomic E-state index is 8.75. The summed E-state index contributed by atoms with van der Waals surface area (Å²) < 4.78 is 0. The number of nitrogens with zero attached hydrogens (tertiary/aromatic N) is 1. The Bertz CT molecular complexity index is 419. The fourth-order valence-corrected chi connectivity index (χ4v) is 2.31. The van der Waals surface area contributed by atoms with Crippen LogP contribution in [0.5, 0.6) is 0 Å². The third-order valence-corrected chi connectivity index (χ3v) is 3.36. The van der Waals surface area contributed by atoms with Gasteiger partial charge in [0.2, 0.25) is 0 Å². The molecule has 0 spiro atoms. The number of anilines is 1. The summed E-state index contributed by atoms with van der Waals surface area (Å²) >= 11 is 6.09. The molecule has 1 aromatic carbocycles. The largest absolute Gasteiger partial charge is 0.382 e. The van der Waals surface area contributed by atoms with Crippen molar-refractivity contribution in [3.05, 3.63) is 28.8 Å². The van der Waals surface area contributed by atoms with Crippen LogP contribution in [-0.4, -0.2) is 19.1 Å². The van der Waals surface area contributed by atoms with E-state index in [-0.39, 0.29) is 0 Å². The summed E-state index contributed by atoms with van der Waals surface area (Å²) in [5.74, 6) is 0. The van der Waals surface area contributed by atoms with Crippen LogP contribution in [0.2, 0.25) is 5.02 Å². The van der Waals surface area contributed by atoms with Crippen molar-refractivity contribution in [3.8, 4) is 6.07 Å². The minimum atomic E-state index is 0.524. The Balaban J connectivity index is 1.92. The molecule has 0 radical (unpaired) electrons. The second-order valence-corrected chi connectivity index (χ2v) is 4.74. The van der Waals surface area contributed by atoms with Gasteiger partial charge in [-0.15, -0.1) is 0 Å². The van der Waals surface area contributed by atoms with Gasteiger partial charge in [-0.25, -0.2) is 0 Å². The third-order valence-electron chi connectivity index (χ3n) is 3.05. The zero-order valence-corrected chi connectivity index (χ0v) is 10.4. The van der Waals surface area contributed by atoms with Crippen LogP contribution in [0.1, 0.15) is 24.8 Å². The van der Waals surface area contributed by atoms with Gasteiger partial charge in [0.05, 0.1) is 22.3 Å². The molecule has 1 aliphatic heterocycles. The summed E-state index contributed by atoms with van der Waals surface area (Å²) in [7, 11) is 0. The first-order chi connectivity index (χ1) is 8.29. The Hall–Kier alpha value is -1.24. The second kappa shape index (κ2) is 5.90. The molecule has 1 fully saturated rings. The summed E-state index contributed by atoms with van der Waals surface area (Å²) in [6, 6.07) is 7.94. The van der Waals surface area contributed by atoms with Crippen LogP contribution in [0.3, 0.4) is 0 Å². The predicted octanol–water partition coefficient (Wildman–Crippen LogP) is 2.77. The van der Waals surface area contributed by atoms with E-state index in [1.54, 1.807) is 12.1 Å². The van der Waals surface area contributed by atoms with Crippen LogP contribution in [0.4, 0.5) is 5.69 Å². The predicted molar refractivity (Wildman–Crippen MR) is 70.3 cm³/mol. The molecule has 0 bridgehead atoms. The van der Waals surface area contributed by atoms with E-state index in [2.05, 4.69) is 16.7 Å². The van der Waals surface area contributed by atoms with Crippen molar-refractivity contribution in [2.45, 2.75) is 25.3 Å². The Kier molecular flexibility index (Phi) is 4.24. The van der Waals surface area contributed by atoms with Gasteiger partial charge in [-0.1, -0.05) is 18.0 Å². The van der Waals surface area contributed by atoms with Crippen molar-refractivity contribution in [1.82, 2.24) is 5.32 Å². The van der Waals surface area contributed by atoms with E-state index < -0.39 is 0 Å². The SMILES string of the molecule is N#Cc1ccc(NCC2CCCCN2)c(Cl)c1. The number of hydrogen-bond acceptors (Lipinski definition) is 3. The van der Waals surface area contributed by atoms with E-state index in [9.17, 15) is 0 Å².